The third-order valence-electron chi connectivity index (χ3n) is 3.95. The molecular weight excluding hydrogens is 264 g/mol. The average molecular weight is 282 g/mol. The molecule has 1 atom stereocenters. The summed E-state index contributed by atoms with van der Waals surface area (Å²) < 4.78 is 11.5. The van der Waals surface area contributed by atoms with Gasteiger partial charge in [0.25, 0.3) is 0 Å². The summed E-state index contributed by atoms with van der Waals surface area (Å²) in [5, 5.41) is 0. The van der Waals surface area contributed by atoms with Gasteiger partial charge in [0.1, 0.15) is 25.4 Å². The van der Waals surface area contributed by atoms with E-state index in [0.717, 1.165) is 31.1 Å². The fourth-order valence-corrected chi connectivity index (χ4v) is 2.79. The van der Waals surface area contributed by atoms with Crippen LogP contribution >= 0.6 is 0 Å². The molecule has 1 heterocycles. The second kappa shape index (κ2) is 6.00. The van der Waals surface area contributed by atoms with Crippen molar-refractivity contribution in [2.24, 2.45) is 0 Å². The third kappa shape index (κ3) is 2.92. The van der Waals surface area contributed by atoms with E-state index >= 15 is 0 Å². The van der Waals surface area contributed by atoms with Crippen molar-refractivity contribution < 1.29 is 14.3 Å². The average Bonchev–Trinajstić information content (AvgIpc) is 2.57. The van der Waals surface area contributed by atoms with Crippen LogP contribution in [0.3, 0.4) is 0 Å². The predicted molar refractivity (Wildman–Crippen MR) is 80.8 cm³/mol. The van der Waals surface area contributed by atoms with E-state index in [-0.39, 0.29) is 0 Å². The quantitative estimate of drug-likeness (QED) is 0.786. The van der Waals surface area contributed by atoms with Crippen LogP contribution in [0, 0.1) is 0 Å². The Hall–Kier alpha value is -2.29. The highest BCUT2D eigenvalue weighted by Crippen LogP contribution is 2.37. The van der Waals surface area contributed by atoms with E-state index in [9.17, 15) is 4.79 Å². The first-order valence-electron chi connectivity index (χ1n) is 7.17. The maximum Gasteiger partial charge on any atom is 0.171 e. The van der Waals surface area contributed by atoms with Gasteiger partial charge in [-0.25, -0.2) is 0 Å². The maximum atomic E-state index is 10.8. The van der Waals surface area contributed by atoms with E-state index in [0.29, 0.717) is 12.2 Å². The summed E-state index contributed by atoms with van der Waals surface area (Å²) in [7, 11) is 0. The Labute approximate surface area is 124 Å². The minimum atomic E-state index is -0.507. The van der Waals surface area contributed by atoms with Crippen LogP contribution in [0.25, 0.3) is 0 Å². The predicted octanol–water partition coefficient (Wildman–Crippen LogP) is 3.88. The summed E-state index contributed by atoms with van der Waals surface area (Å²) in [4.78, 5) is 10.8. The van der Waals surface area contributed by atoms with Crippen molar-refractivity contribution in [2.45, 2.75) is 24.9 Å². The minimum Gasteiger partial charge on any atom is -0.493 e. The molecule has 1 aromatic carbocycles. The molecular formula is C18H18O3. The molecule has 0 radical (unpaired) electrons. The lowest BCUT2D eigenvalue weighted by Crippen LogP contribution is -2.35. The molecule has 108 valence electrons. The number of carbonyl (C=O) groups is 1. The first kappa shape index (κ1) is 13.7. The summed E-state index contributed by atoms with van der Waals surface area (Å²) in [5.41, 5.74) is 2.55. The monoisotopic (exact) mass is 282 g/mol. The van der Waals surface area contributed by atoms with Crippen molar-refractivity contribution >= 4 is 6.29 Å². The summed E-state index contributed by atoms with van der Waals surface area (Å²) in [6.07, 6.45) is 13.4. The van der Waals surface area contributed by atoms with E-state index in [1.165, 1.54) is 5.57 Å². The van der Waals surface area contributed by atoms with E-state index in [2.05, 4.69) is 18.2 Å². The Morgan fingerprint density at radius 2 is 2.05 bits per heavy atom. The Morgan fingerprint density at radius 3 is 2.67 bits per heavy atom. The standard InChI is InChI=1S/C18H18O3/c19-13-16-6-8-17(9-7-16)18(14-20-10-11-21-18)12-15-4-2-1-3-5-15/h1-2,4,6-11,13H,3,5,12,14H2. The number of allylic oxidation sites excluding steroid dienone is 3. The number of carbonyl (C=O) groups excluding carboxylic acids is 1. The number of rotatable bonds is 4. The summed E-state index contributed by atoms with van der Waals surface area (Å²) in [6.45, 7) is 0.477. The molecule has 0 fully saturated rings. The largest absolute Gasteiger partial charge is 0.493 e. The van der Waals surface area contributed by atoms with Crippen LogP contribution in [-0.4, -0.2) is 12.9 Å². The number of benzene rings is 1. The van der Waals surface area contributed by atoms with Crippen LogP contribution in [0.4, 0.5) is 0 Å². The van der Waals surface area contributed by atoms with Gasteiger partial charge in [0.05, 0.1) is 0 Å². The molecule has 21 heavy (non-hydrogen) atoms. The molecule has 0 amide bonds. The van der Waals surface area contributed by atoms with Gasteiger partial charge in [0.15, 0.2) is 5.60 Å². The van der Waals surface area contributed by atoms with Crippen LogP contribution in [0.15, 0.2) is 60.6 Å². The first-order chi connectivity index (χ1) is 10.3. The fraction of sp³-hybridized carbons (Fsp3) is 0.278. The van der Waals surface area contributed by atoms with Crippen molar-refractivity contribution in [3.8, 4) is 0 Å². The zero-order chi connectivity index (χ0) is 14.5. The van der Waals surface area contributed by atoms with Gasteiger partial charge >= 0.3 is 0 Å². The highest BCUT2D eigenvalue weighted by Gasteiger charge is 2.37. The normalized spacial score (nSPS) is 23.9. The van der Waals surface area contributed by atoms with Crippen molar-refractivity contribution in [3.63, 3.8) is 0 Å². The maximum absolute atomic E-state index is 10.8. The number of aldehydes is 1. The van der Waals surface area contributed by atoms with Crippen LogP contribution < -0.4 is 0 Å². The van der Waals surface area contributed by atoms with Gasteiger partial charge in [-0.05, 0) is 18.4 Å². The minimum absolute atomic E-state index is 0.477. The van der Waals surface area contributed by atoms with Crippen LogP contribution in [0.5, 0.6) is 0 Å². The zero-order valence-corrected chi connectivity index (χ0v) is 11.8. The van der Waals surface area contributed by atoms with Crippen LogP contribution in [0.2, 0.25) is 0 Å². The van der Waals surface area contributed by atoms with Gasteiger partial charge in [-0.15, -0.1) is 0 Å². The second-order valence-corrected chi connectivity index (χ2v) is 5.40. The Bertz CT molecular complexity index is 595. The Kier molecular flexibility index (Phi) is 3.91. The van der Waals surface area contributed by atoms with Crippen LogP contribution in [-0.2, 0) is 15.1 Å². The van der Waals surface area contributed by atoms with Crippen LogP contribution in [0.1, 0.15) is 35.2 Å². The molecule has 0 N–H and O–H groups in total. The third-order valence-corrected chi connectivity index (χ3v) is 3.95. The molecule has 1 aromatic rings. The molecule has 1 unspecified atom stereocenters. The molecule has 0 aromatic heterocycles. The fourth-order valence-electron chi connectivity index (χ4n) is 2.79. The first-order valence-corrected chi connectivity index (χ1v) is 7.17. The van der Waals surface area contributed by atoms with Crippen molar-refractivity contribution in [2.75, 3.05) is 6.61 Å². The summed E-state index contributed by atoms with van der Waals surface area (Å²) >= 11 is 0. The zero-order valence-electron chi connectivity index (χ0n) is 11.8. The Morgan fingerprint density at radius 1 is 1.19 bits per heavy atom. The van der Waals surface area contributed by atoms with Crippen molar-refractivity contribution in [1.82, 2.24) is 0 Å². The molecule has 3 heteroatoms. The molecule has 1 aliphatic carbocycles. The summed E-state index contributed by atoms with van der Waals surface area (Å²) in [5.74, 6) is 0. The van der Waals surface area contributed by atoms with Gasteiger partial charge < -0.3 is 9.47 Å². The van der Waals surface area contributed by atoms with Gasteiger partial charge in [-0.2, -0.15) is 0 Å². The molecule has 0 saturated carbocycles. The number of hydrogen-bond acceptors (Lipinski definition) is 3. The van der Waals surface area contributed by atoms with Gasteiger partial charge in [0.2, 0.25) is 0 Å². The highest BCUT2D eigenvalue weighted by molar-refractivity contribution is 5.74. The lowest BCUT2D eigenvalue weighted by atomic mass is 9.84. The molecule has 3 nitrogen and oxygen atoms in total. The Balaban J connectivity index is 1.91. The lowest BCUT2D eigenvalue weighted by Gasteiger charge is -2.36. The molecule has 1 aliphatic heterocycles. The van der Waals surface area contributed by atoms with E-state index < -0.39 is 5.60 Å². The van der Waals surface area contributed by atoms with Gasteiger partial charge in [0, 0.05) is 12.0 Å². The molecule has 0 saturated heterocycles. The van der Waals surface area contributed by atoms with E-state index in [1.807, 2.05) is 24.3 Å². The topological polar surface area (TPSA) is 35.5 Å². The van der Waals surface area contributed by atoms with Gasteiger partial charge in [-0.1, -0.05) is 48.1 Å². The summed E-state index contributed by atoms with van der Waals surface area (Å²) in [6, 6.07) is 7.54. The van der Waals surface area contributed by atoms with Gasteiger partial charge in [-0.3, -0.25) is 4.79 Å². The highest BCUT2D eigenvalue weighted by atomic mass is 16.6. The second-order valence-electron chi connectivity index (χ2n) is 5.40. The SMILES string of the molecule is O=Cc1ccc(C2(CC3=CC=CCC3)COC=CO2)cc1. The van der Waals surface area contributed by atoms with E-state index in [4.69, 9.17) is 9.47 Å². The van der Waals surface area contributed by atoms with Crippen molar-refractivity contribution in [3.05, 3.63) is 71.7 Å². The van der Waals surface area contributed by atoms with Crippen molar-refractivity contribution in [1.29, 1.82) is 0 Å². The lowest BCUT2D eigenvalue weighted by molar-refractivity contribution is -0.0636. The number of ether oxygens (including phenoxy) is 2. The molecule has 3 rings (SSSR count). The molecule has 0 spiro atoms. The van der Waals surface area contributed by atoms with E-state index in [1.54, 1.807) is 12.5 Å². The molecule has 0 bridgehead atoms. The smallest absolute Gasteiger partial charge is 0.171 e. The number of hydrogen-bond donors (Lipinski definition) is 0. The molecule has 2 aliphatic rings.